The Morgan fingerprint density at radius 1 is 1.29 bits per heavy atom. The highest BCUT2D eigenvalue weighted by molar-refractivity contribution is 6.44. The van der Waals surface area contributed by atoms with Crippen LogP contribution in [-0.2, 0) is 11.2 Å². The summed E-state index contributed by atoms with van der Waals surface area (Å²) in [5, 5.41) is 8.77. The Bertz CT molecular complexity index is 409. The molecule has 0 aliphatic carbocycles. The maximum absolute atomic E-state index is 11.3. The Morgan fingerprint density at radius 3 is 2.79 bits per heavy atom. The molecule has 0 saturated carbocycles. The lowest BCUT2D eigenvalue weighted by Gasteiger charge is -2.01. The summed E-state index contributed by atoms with van der Waals surface area (Å²) in [6.07, 6.45) is 0.353. The molecule has 0 saturated heterocycles. The number of ether oxygens (including phenoxy) is 1. The second-order valence-corrected chi connectivity index (χ2v) is 2.98. The summed E-state index contributed by atoms with van der Waals surface area (Å²) in [5.41, 5.74) is 0.951. The van der Waals surface area contributed by atoms with E-state index in [-0.39, 0.29) is 6.61 Å². The summed E-state index contributed by atoms with van der Waals surface area (Å²) in [4.78, 5) is 22.3. The molecule has 1 aromatic rings. The van der Waals surface area contributed by atoms with Gasteiger partial charge in [0.15, 0.2) is 0 Å². The number of ketones is 1. The fourth-order valence-electron chi connectivity index (χ4n) is 1.50. The van der Waals surface area contributed by atoms with E-state index >= 15 is 0 Å². The minimum absolute atomic E-state index is 0.0576. The van der Waals surface area contributed by atoms with Gasteiger partial charge in [0.05, 0.1) is 5.56 Å². The number of rotatable bonds is 2. The number of aliphatic hydroxyl groups is 1. The van der Waals surface area contributed by atoms with Gasteiger partial charge in [0, 0.05) is 6.61 Å². The van der Waals surface area contributed by atoms with Crippen molar-refractivity contribution in [1.82, 2.24) is 0 Å². The van der Waals surface area contributed by atoms with E-state index in [0.29, 0.717) is 23.3 Å². The first-order valence-electron chi connectivity index (χ1n) is 4.23. The van der Waals surface area contributed by atoms with Crippen LogP contribution in [0.25, 0.3) is 0 Å². The van der Waals surface area contributed by atoms with Gasteiger partial charge in [0.2, 0.25) is 0 Å². The third kappa shape index (κ3) is 1.20. The normalized spacial score (nSPS) is 14.1. The highest BCUT2D eigenvalue weighted by Crippen LogP contribution is 2.28. The smallest absolute Gasteiger partial charge is 0.385 e. The molecule has 4 heteroatoms. The topological polar surface area (TPSA) is 63.6 Å². The fourth-order valence-corrected chi connectivity index (χ4v) is 1.50. The van der Waals surface area contributed by atoms with Crippen molar-refractivity contribution in [2.75, 3.05) is 6.61 Å². The molecule has 1 aliphatic rings. The molecule has 4 nitrogen and oxygen atoms in total. The van der Waals surface area contributed by atoms with E-state index in [4.69, 9.17) is 9.84 Å². The number of hydrogen-bond donors (Lipinski definition) is 1. The third-order valence-electron chi connectivity index (χ3n) is 2.11. The van der Waals surface area contributed by atoms with Crippen LogP contribution in [0.5, 0.6) is 5.75 Å². The number of carbonyl (C=O) groups is 2. The Labute approximate surface area is 80.1 Å². The SMILES string of the molecule is O=C1Oc2cccc(CCO)c2C1=O. The average Bonchev–Trinajstić information content (AvgIpc) is 2.45. The van der Waals surface area contributed by atoms with Crippen molar-refractivity contribution in [2.45, 2.75) is 6.42 Å². The molecule has 0 unspecified atom stereocenters. The molecule has 0 spiro atoms. The highest BCUT2D eigenvalue weighted by Gasteiger charge is 2.32. The molecule has 0 aromatic heterocycles. The number of fused-ring (bicyclic) bond motifs is 1. The summed E-state index contributed by atoms with van der Waals surface area (Å²) >= 11 is 0. The van der Waals surface area contributed by atoms with Crippen LogP contribution in [0.4, 0.5) is 0 Å². The molecule has 14 heavy (non-hydrogen) atoms. The largest absolute Gasteiger partial charge is 0.420 e. The standard InChI is InChI=1S/C10H8O4/c11-5-4-6-2-1-3-7-8(6)9(12)10(13)14-7/h1-3,11H,4-5H2. The quantitative estimate of drug-likeness (QED) is 0.416. The van der Waals surface area contributed by atoms with Crippen LogP contribution in [-0.4, -0.2) is 23.5 Å². The van der Waals surface area contributed by atoms with Crippen LogP contribution in [0, 0.1) is 0 Å². The van der Waals surface area contributed by atoms with Crippen molar-refractivity contribution >= 4 is 11.8 Å². The van der Waals surface area contributed by atoms with E-state index in [1.807, 2.05) is 0 Å². The van der Waals surface area contributed by atoms with E-state index in [2.05, 4.69) is 0 Å². The molecule has 1 aliphatic heterocycles. The maximum atomic E-state index is 11.3. The number of carbonyl (C=O) groups excluding carboxylic acids is 2. The van der Waals surface area contributed by atoms with E-state index in [1.54, 1.807) is 18.2 Å². The molecule has 72 valence electrons. The van der Waals surface area contributed by atoms with Gasteiger partial charge in [-0.05, 0) is 18.1 Å². The van der Waals surface area contributed by atoms with E-state index in [9.17, 15) is 9.59 Å². The van der Waals surface area contributed by atoms with Gasteiger partial charge in [0.1, 0.15) is 5.75 Å². The predicted molar refractivity (Wildman–Crippen MR) is 47.2 cm³/mol. The van der Waals surface area contributed by atoms with Crippen LogP contribution in [0.2, 0.25) is 0 Å². The molecule has 0 atom stereocenters. The zero-order chi connectivity index (χ0) is 10.1. The highest BCUT2D eigenvalue weighted by atomic mass is 16.5. The minimum Gasteiger partial charge on any atom is -0.420 e. The van der Waals surface area contributed by atoms with Crippen LogP contribution < -0.4 is 4.74 Å². The van der Waals surface area contributed by atoms with Gasteiger partial charge in [-0.25, -0.2) is 4.79 Å². The lowest BCUT2D eigenvalue weighted by Crippen LogP contribution is -2.11. The van der Waals surface area contributed by atoms with Gasteiger partial charge in [-0.1, -0.05) is 12.1 Å². The summed E-state index contributed by atoms with van der Waals surface area (Å²) < 4.78 is 4.74. The van der Waals surface area contributed by atoms with Crippen molar-refractivity contribution < 1.29 is 19.4 Å². The van der Waals surface area contributed by atoms with Gasteiger partial charge in [-0.3, -0.25) is 4.79 Å². The molecule has 2 rings (SSSR count). The number of hydrogen-bond acceptors (Lipinski definition) is 4. The van der Waals surface area contributed by atoms with Crippen molar-refractivity contribution in [1.29, 1.82) is 0 Å². The lowest BCUT2D eigenvalue weighted by molar-refractivity contribution is -0.128. The number of aliphatic hydroxyl groups excluding tert-OH is 1. The first-order chi connectivity index (χ1) is 6.74. The van der Waals surface area contributed by atoms with Crippen molar-refractivity contribution in [3.63, 3.8) is 0 Å². The third-order valence-corrected chi connectivity index (χ3v) is 2.11. The molecule has 0 fully saturated rings. The number of benzene rings is 1. The van der Waals surface area contributed by atoms with E-state index in [1.165, 1.54) is 0 Å². The van der Waals surface area contributed by atoms with Gasteiger partial charge in [-0.15, -0.1) is 0 Å². The molecule has 1 aromatic carbocycles. The fraction of sp³-hybridized carbons (Fsp3) is 0.200. The molecular weight excluding hydrogens is 184 g/mol. The molecule has 1 heterocycles. The number of esters is 1. The Balaban J connectivity index is 2.52. The first kappa shape index (κ1) is 8.90. The summed E-state index contributed by atoms with van der Waals surface area (Å²) in [5.74, 6) is -1.17. The van der Waals surface area contributed by atoms with Gasteiger partial charge in [-0.2, -0.15) is 0 Å². The van der Waals surface area contributed by atoms with Crippen LogP contribution in [0.1, 0.15) is 15.9 Å². The summed E-state index contributed by atoms with van der Waals surface area (Å²) in [6, 6.07) is 4.96. The maximum Gasteiger partial charge on any atom is 0.385 e. The minimum atomic E-state index is -0.842. The van der Waals surface area contributed by atoms with E-state index in [0.717, 1.165) is 0 Å². The van der Waals surface area contributed by atoms with Gasteiger partial charge in [0.25, 0.3) is 5.78 Å². The number of Topliss-reactive ketones (excluding diaryl/α,β-unsaturated/α-hetero) is 1. The summed E-state index contributed by atoms with van der Waals surface area (Å²) in [6.45, 7) is -0.0576. The van der Waals surface area contributed by atoms with Gasteiger partial charge >= 0.3 is 5.97 Å². The molecule has 1 N–H and O–H groups in total. The average molecular weight is 192 g/mol. The van der Waals surface area contributed by atoms with Crippen molar-refractivity contribution in [3.8, 4) is 5.75 Å². The predicted octanol–water partition coefficient (Wildman–Crippen LogP) is 0.323. The second-order valence-electron chi connectivity index (χ2n) is 2.98. The molecular formula is C10H8O4. The molecule has 0 bridgehead atoms. The first-order valence-corrected chi connectivity index (χ1v) is 4.23. The van der Waals surface area contributed by atoms with Crippen LogP contribution >= 0.6 is 0 Å². The van der Waals surface area contributed by atoms with Crippen LogP contribution in [0.15, 0.2) is 18.2 Å². The Kier molecular flexibility index (Phi) is 2.05. The van der Waals surface area contributed by atoms with Gasteiger partial charge < -0.3 is 9.84 Å². The molecule has 0 amide bonds. The van der Waals surface area contributed by atoms with Crippen LogP contribution in [0.3, 0.4) is 0 Å². The zero-order valence-electron chi connectivity index (χ0n) is 7.32. The lowest BCUT2D eigenvalue weighted by atomic mass is 10.0. The van der Waals surface area contributed by atoms with E-state index < -0.39 is 11.8 Å². The Hall–Kier alpha value is -1.68. The Morgan fingerprint density at radius 2 is 2.07 bits per heavy atom. The van der Waals surface area contributed by atoms with Crippen molar-refractivity contribution in [2.24, 2.45) is 0 Å². The second kappa shape index (κ2) is 3.23. The zero-order valence-corrected chi connectivity index (χ0v) is 7.32. The molecule has 0 radical (unpaired) electrons. The summed E-state index contributed by atoms with van der Waals surface area (Å²) in [7, 11) is 0. The monoisotopic (exact) mass is 192 g/mol. The van der Waals surface area contributed by atoms with Crippen molar-refractivity contribution in [3.05, 3.63) is 29.3 Å².